The number of nitrogens with two attached hydrogens (primary N) is 1. The van der Waals surface area contributed by atoms with Crippen LogP contribution in [0.25, 0.3) is 0 Å². The fourth-order valence-corrected chi connectivity index (χ4v) is 2.25. The Balaban J connectivity index is 0.00000288. The second kappa shape index (κ2) is 7.83. The van der Waals surface area contributed by atoms with Crippen molar-refractivity contribution in [2.24, 2.45) is 5.73 Å². The van der Waals surface area contributed by atoms with Crippen molar-refractivity contribution >= 4 is 24.0 Å². The average molecular weight is 384 g/mol. The minimum absolute atomic E-state index is 0. The number of alkyl halides is 3. The summed E-state index contributed by atoms with van der Waals surface area (Å²) in [6, 6.07) is 7.15. The van der Waals surface area contributed by atoms with E-state index in [0.29, 0.717) is 11.3 Å². The molecule has 24 heavy (non-hydrogen) atoms. The standard InChI is InChI=1S/C15H13ClF3NO3.ClH/c1-22-11-7-6-10(16)14(21)12(11)13(20)8-2-4-9(5-3-8)23-15(17,18)19;/h2-7,13,21H,20H2,1H3;1H/t13-;/m1./s1. The van der Waals surface area contributed by atoms with Gasteiger partial charge in [-0.1, -0.05) is 23.7 Å². The lowest BCUT2D eigenvalue weighted by Crippen LogP contribution is -2.17. The Morgan fingerprint density at radius 2 is 1.71 bits per heavy atom. The van der Waals surface area contributed by atoms with Crippen molar-refractivity contribution in [3.8, 4) is 17.2 Å². The number of hydrogen-bond acceptors (Lipinski definition) is 4. The van der Waals surface area contributed by atoms with Gasteiger partial charge in [-0.25, -0.2) is 0 Å². The molecule has 0 aromatic heterocycles. The average Bonchev–Trinajstić information content (AvgIpc) is 2.48. The molecule has 2 rings (SSSR count). The van der Waals surface area contributed by atoms with Crippen molar-refractivity contribution in [2.75, 3.05) is 7.11 Å². The molecule has 0 saturated heterocycles. The number of hydrogen-bond donors (Lipinski definition) is 2. The van der Waals surface area contributed by atoms with Gasteiger partial charge in [0.05, 0.1) is 23.7 Å². The Morgan fingerprint density at radius 1 is 1.12 bits per heavy atom. The third kappa shape index (κ3) is 4.59. The first kappa shape index (κ1) is 20.2. The summed E-state index contributed by atoms with van der Waals surface area (Å²) in [5, 5.41) is 10.2. The first-order valence-corrected chi connectivity index (χ1v) is 6.77. The highest BCUT2D eigenvalue weighted by Gasteiger charge is 2.31. The fourth-order valence-electron chi connectivity index (χ4n) is 2.08. The Bertz CT molecular complexity index is 694. The predicted molar refractivity (Wildman–Crippen MR) is 86.1 cm³/mol. The van der Waals surface area contributed by atoms with Gasteiger partial charge in [-0.15, -0.1) is 25.6 Å². The molecule has 0 bridgehead atoms. The summed E-state index contributed by atoms with van der Waals surface area (Å²) in [5.41, 5.74) is 6.77. The van der Waals surface area contributed by atoms with Crippen LogP contribution in [0, 0.1) is 0 Å². The lowest BCUT2D eigenvalue weighted by atomic mass is 9.97. The molecule has 2 aromatic carbocycles. The lowest BCUT2D eigenvalue weighted by Gasteiger charge is -2.18. The zero-order valence-electron chi connectivity index (χ0n) is 12.3. The molecule has 9 heteroatoms. The summed E-state index contributed by atoms with van der Waals surface area (Å²) < 4.78 is 45.4. The largest absolute Gasteiger partial charge is 0.573 e. The second-order valence-corrected chi connectivity index (χ2v) is 5.01. The van der Waals surface area contributed by atoms with Gasteiger partial charge in [-0.05, 0) is 29.8 Å². The van der Waals surface area contributed by atoms with Crippen LogP contribution in [0.1, 0.15) is 17.2 Å². The number of benzene rings is 2. The summed E-state index contributed by atoms with van der Waals surface area (Å²) in [6.07, 6.45) is -4.77. The number of rotatable bonds is 4. The van der Waals surface area contributed by atoms with Gasteiger partial charge in [0.15, 0.2) is 0 Å². The summed E-state index contributed by atoms with van der Waals surface area (Å²) in [7, 11) is 1.40. The fraction of sp³-hybridized carbons (Fsp3) is 0.200. The van der Waals surface area contributed by atoms with Crippen molar-refractivity contribution in [1.29, 1.82) is 0 Å². The second-order valence-electron chi connectivity index (χ2n) is 4.61. The van der Waals surface area contributed by atoms with E-state index in [1.54, 1.807) is 6.07 Å². The number of phenols is 1. The summed E-state index contributed by atoms with van der Waals surface area (Å²) in [4.78, 5) is 0. The molecular formula is C15H14Cl2F3NO3. The van der Waals surface area contributed by atoms with E-state index in [0.717, 1.165) is 12.1 Å². The van der Waals surface area contributed by atoms with Crippen molar-refractivity contribution in [2.45, 2.75) is 12.4 Å². The van der Waals surface area contributed by atoms with E-state index < -0.39 is 12.4 Å². The highest BCUT2D eigenvalue weighted by atomic mass is 35.5. The maximum atomic E-state index is 12.2. The van der Waals surface area contributed by atoms with E-state index in [1.807, 2.05) is 0 Å². The normalized spacial score (nSPS) is 12.2. The van der Waals surface area contributed by atoms with E-state index in [9.17, 15) is 18.3 Å². The molecule has 0 aliphatic carbocycles. The van der Waals surface area contributed by atoms with Crippen LogP contribution in [0.2, 0.25) is 5.02 Å². The van der Waals surface area contributed by atoms with Crippen molar-refractivity contribution in [1.82, 2.24) is 0 Å². The molecule has 1 atom stereocenters. The zero-order chi connectivity index (χ0) is 17.2. The molecule has 0 aliphatic heterocycles. The van der Waals surface area contributed by atoms with Crippen LogP contribution in [-0.4, -0.2) is 18.6 Å². The van der Waals surface area contributed by atoms with Gasteiger partial charge in [0.2, 0.25) is 0 Å². The van der Waals surface area contributed by atoms with Crippen LogP contribution in [0.3, 0.4) is 0 Å². The number of phenolic OH excluding ortho intramolecular Hbond substituents is 1. The quantitative estimate of drug-likeness (QED) is 0.819. The molecule has 0 spiro atoms. The molecule has 4 nitrogen and oxygen atoms in total. The molecule has 3 N–H and O–H groups in total. The SMILES string of the molecule is COc1ccc(Cl)c(O)c1[C@H](N)c1ccc(OC(F)(F)F)cc1.Cl. The highest BCUT2D eigenvalue weighted by Crippen LogP contribution is 2.40. The number of methoxy groups -OCH3 is 1. The maximum absolute atomic E-state index is 12.2. The number of ether oxygens (including phenoxy) is 2. The minimum atomic E-state index is -4.77. The number of aromatic hydroxyl groups is 1. The predicted octanol–water partition coefficient (Wildman–Crippen LogP) is 4.42. The third-order valence-corrected chi connectivity index (χ3v) is 3.44. The first-order valence-electron chi connectivity index (χ1n) is 6.39. The monoisotopic (exact) mass is 383 g/mol. The maximum Gasteiger partial charge on any atom is 0.573 e. The molecule has 0 unspecified atom stereocenters. The summed E-state index contributed by atoms with van der Waals surface area (Å²) in [6.45, 7) is 0. The van der Waals surface area contributed by atoms with E-state index in [-0.39, 0.29) is 34.5 Å². The van der Waals surface area contributed by atoms with Crippen molar-refractivity contribution < 1.29 is 27.8 Å². The Labute approximate surface area is 147 Å². The van der Waals surface area contributed by atoms with Crippen LogP contribution in [0.5, 0.6) is 17.2 Å². The Hall–Kier alpha value is -1.83. The molecule has 0 amide bonds. The van der Waals surface area contributed by atoms with E-state index in [2.05, 4.69) is 4.74 Å². The minimum Gasteiger partial charge on any atom is -0.506 e. The van der Waals surface area contributed by atoms with Gasteiger partial charge in [0, 0.05) is 0 Å². The van der Waals surface area contributed by atoms with Gasteiger partial charge in [-0.2, -0.15) is 0 Å². The van der Waals surface area contributed by atoms with Crippen molar-refractivity contribution in [3.63, 3.8) is 0 Å². The first-order chi connectivity index (χ1) is 10.7. The molecular weight excluding hydrogens is 370 g/mol. The van der Waals surface area contributed by atoms with Gasteiger partial charge in [-0.3, -0.25) is 0 Å². The summed E-state index contributed by atoms with van der Waals surface area (Å²) in [5.74, 6) is -0.292. The van der Waals surface area contributed by atoms with E-state index >= 15 is 0 Å². The van der Waals surface area contributed by atoms with Gasteiger partial charge >= 0.3 is 6.36 Å². The van der Waals surface area contributed by atoms with Gasteiger partial charge in [0.25, 0.3) is 0 Å². The summed E-state index contributed by atoms with van der Waals surface area (Å²) >= 11 is 5.87. The molecule has 2 aromatic rings. The molecule has 0 heterocycles. The van der Waals surface area contributed by atoms with Crippen LogP contribution in [0.4, 0.5) is 13.2 Å². The van der Waals surface area contributed by atoms with E-state index in [4.69, 9.17) is 22.1 Å². The van der Waals surface area contributed by atoms with Gasteiger partial charge in [0.1, 0.15) is 17.2 Å². The topological polar surface area (TPSA) is 64.7 Å². The molecule has 0 saturated carbocycles. The molecule has 0 radical (unpaired) electrons. The van der Waals surface area contributed by atoms with Crippen molar-refractivity contribution in [3.05, 3.63) is 52.5 Å². The van der Waals surface area contributed by atoms with Crippen LogP contribution in [-0.2, 0) is 0 Å². The lowest BCUT2D eigenvalue weighted by molar-refractivity contribution is -0.274. The van der Waals surface area contributed by atoms with Crippen LogP contribution < -0.4 is 15.2 Å². The number of halogens is 5. The Morgan fingerprint density at radius 3 is 2.21 bits per heavy atom. The molecule has 132 valence electrons. The van der Waals surface area contributed by atoms with E-state index in [1.165, 1.54) is 25.3 Å². The molecule has 0 fully saturated rings. The van der Waals surface area contributed by atoms with Crippen LogP contribution >= 0.6 is 24.0 Å². The highest BCUT2D eigenvalue weighted by molar-refractivity contribution is 6.32. The van der Waals surface area contributed by atoms with Crippen LogP contribution in [0.15, 0.2) is 36.4 Å². The zero-order valence-corrected chi connectivity index (χ0v) is 13.9. The smallest absolute Gasteiger partial charge is 0.506 e. The third-order valence-electron chi connectivity index (χ3n) is 3.13. The van der Waals surface area contributed by atoms with Gasteiger partial charge < -0.3 is 20.3 Å². The Kier molecular flexibility index (Phi) is 6.59. The molecule has 0 aliphatic rings.